The Morgan fingerprint density at radius 3 is 2.70 bits per heavy atom. The Morgan fingerprint density at radius 2 is 2.00 bits per heavy atom. The molecule has 3 rings (SSSR count). The maximum Gasteiger partial charge on any atom is 0.108 e. The smallest absolute Gasteiger partial charge is 0.108 e. The Morgan fingerprint density at radius 1 is 1.20 bits per heavy atom. The van der Waals surface area contributed by atoms with E-state index < -0.39 is 0 Å². The Bertz CT molecular complexity index is 708. The number of aryl methyl sites for hydroxylation is 2. The number of hydrogen-bond donors (Lipinski definition) is 1. The second-order valence-electron chi connectivity index (χ2n) is 4.95. The van der Waals surface area contributed by atoms with Gasteiger partial charge in [-0.15, -0.1) is 11.3 Å². The Kier molecular flexibility index (Phi) is 3.54. The Balaban J connectivity index is 1.67. The average molecular weight is 286 g/mol. The van der Waals surface area contributed by atoms with E-state index in [1.165, 1.54) is 16.0 Å². The molecule has 0 saturated carbocycles. The molecular formula is C15H18N4S. The van der Waals surface area contributed by atoms with Crippen molar-refractivity contribution in [1.82, 2.24) is 20.1 Å². The van der Waals surface area contributed by atoms with Crippen molar-refractivity contribution in [3.05, 3.63) is 46.2 Å². The van der Waals surface area contributed by atoms with E-state index >= 15 is 0 Å². The first-order valence-electron chi connectivity index (χ1n) is 6.69. The molecule has 104 valence electrons. The van der Waals surface area contributed by atoms with Crippen LogP contribution in [-0.2, 0) is 20.1 Å². The number of hydrogen-bond acceptors (Lipinski definition) is 4. The monoisotopic (exact) mass is 286 g/mol. The highest BCUT2D eigenvalue weighted by Gasteiger charge is 2.09. The highest BCUT2D eigenvalue weighted by Crippen LogP contribution is 2.21. The summed E-state index contributed by atoms with van der Waals surface area (Å²) in [6, 6.07) is 8.26. The van der Waals surface area contributed by atoms with Crippen molar-refractivity contribution >= 4 is 21.6 Å². The summed E-state index contributed by atoms with van der Waals surface area (Å²) >= 11 is 1.75. The maximum absolute atomic E-state index is 4.63. The number of fused-ring (bicyclic) bond motifs is 1. The predicted octanol–water partition coefficient (Wildman–Crippen LogP) is 2.94. The third-order valence-corrected chi connectivity index (χ3v) is 4.61. The van der Waals surface area contributed by atoms with Crippen LogP contribution in [0.2, 0.25) is 0 Å². The standard InChI is InChI=1S/C15H18N4S/c1-10-12(11(2)19(3)18-10)8-16-9-15-17-13-6-4-5-7-14(13)20-15/h4-7,16H,8-9H2,1-3H3. The van der Waals surface area contributed by atoms with Crippen LogP contribution in [0.25, 0.3) is 10.2 Å². The fourth-order valence-electron chi connectivity index (χ4n) is 2.36. The van der Waals surface area contributed by atoms with Gasteiger partial charge in [-0.1, -0.05) is 12.1 Å². The number of benzene rings is 1. The zero-order valence-corrected chi connectivity index (χ0v) is 12.8. The minimum atomic E-state index is 0.799. The molecule has 0 radical (unpaired) electrons. The summed E-state index contributed by atoms with van der Waals surface area (Å²) in [5, 5.41) is 9.03. The van der Waals surface area contributed by atoms with E-state index in [1.807, 2.05) is 17.8 Å². The molecule has 1 N–H and O–H groups in total. The van der Waals surface area contributed by atoms with E-state index in [0.29, 0.717) is 0 Å². The molecule has 0 spiro atoms. The van der Waals surface area contributed by atoms with E-state index in [0.717, 1.165) is 29.3 Å². The van der Waals surface area contributed by atoms with Crippen LogP contribution in [0, 0.1) is 13.8 Å². The summed E-state index contributed by atoms with van der Waals surface area (Å²) in [5.41, 5.74) is 4.69. The lowest BCUT2D eigenvalue weighted by molar-refractivity contribution is 0.682. The van der Waals surface area contributed by atoms with Crippen molar-refractivity contribution < 1.29 is 0 Å². The zero-order valence-electron chi connectivity index (χ0n) is 12.0. The molecule has 0 amide bonds. The topological polar surface area (TPSA) is 42.7 Å². The summed E-state index contributed by atoms with van der Waals surface area (Å²) in [5.74, 6) is 0. The van der Waals surface area contributed by atoms with Gasteiger partial charge in [0.25, 0.3) is 0 Å². The van der Waals surface area contributed by atoms with Gasteiger partial charge in [-0.2, -0.15) is 5.10 Å². The van der Waals surface area contributed by atoms with Gasteiger partial charge in [0.1, 0.15) is 5.01 Å². The van der Waals surface area contributed by atoms with Crippen molar-refractivity contribution in [2.45, 2.75) is 26.9 Å². The molecule has 0 aliphatic heterocycles. The second-order valence-corrected chi connectivity index (χ2v) is 6.07. The molecule has 0 atom stereocenters. The zero-order chi connectivity index (χ0) is 14.1. The number of nitrogens with one attached hydrogen (secondary N) is 1. The second kappa shape index (κ2) is 5.34. The number of para-hydroxylation sites is 1. The summed E-state index contributed by atoms with van der Waals surface area (Å²) in [7, 11) is 1.99. The van der Waals surface area contributed by atoms with Gasteiger partial charge in [0, 0.05) is 31.4 Å². The fourth-order valence-corrected chi connectivity index (χ4v) is 3.30. The van der Waals surface area contributed by atoms with Gasteiger partial charge < -0.3 is 5.32 Å². The van der Waals surface area contributed by atoms with Crippen molar-refractivity contribution in [3.63, 3.8) is 0 Å². The van der Waals surface area contributed by atoms with Gasteiger partial charge >= 0.3 is 0 Å². The molecule has 0 bridgehead atoms. The first-order chi connectivity index (χ1) is 9.65. The van der Waals surface area contributed by atoms with Crippen molar-refractivity contribution in [3.8, 4) is 0 Å². The van der Waals surface area contributed by atoms with E-state index in [9.17, 15) is 0 Å². The van der Waals surface area contributed by atoms with Crippen LogP contribution in [-0.4, -0.2) is 14.8 Å². The Hall–Kier alpha value is -1.72. The SMILES string of the molecule is Cc1nn(C)c(C)c1CNCc1nc2ccccc2s1. The molecule has 3 aromatic rings. The highest BCUT2D eigenvalue weighted by atomic mass is 32.1. The molecule has 0 aliphatic carbocycles. The van der Waals surface area contributed by atoms with Crippen molar-refractivity contribution in [2.75, 3.05) is 0 Å². The molecule has 2 heterocycles. The van der Waals surface area contributed by atoms with Crippen LogP contribution in [0.5, 0.6) is 0 Å². The predicted molar refractivity (Wildman–Crippen MR) is 82.8 cm³/mol. The summed E-state index contributed by atoms with van der Waals surface area (Å²) in [6.45, 7) is 5.80. The van der Waals surface area contributed by atoms with Crippen LogP contribution < -0.4 is 5.32 Å². The molecule has 20 heavy (non-hydrogen) atoms. The van der Waals surface area contributed by atoms with Crippen LogP contribution in [0.3, 0.4) is 0 Å². The summed E-state index contributed by atoms with van der Waals surface area (Å²) < 4.78 is 3.18. The van der Waals surface area contributed by atoms with Gasteiger partial charge in [0.15, 0.2) is 0 Å². The third kappa shape index (κ3) is 2.46. The molecule has 0 aliphatic rings. The van der Waals surface area contributed by atoms with Crippen molar-refractivity contribution in [1.29, 1.82) is 0 Å². The minimum Gasteiger partial charge on any atom is -0.306 e. The maximum atomic E-state index is 4.63. The number of rotatable bonds is 4. The van der Waals surface area contributed by atoms with Gasteiger partial charge in [-0.3, -0.25) is 4.68 Å². The van der Waals surface area contributed by atoms with Crippen LogP contribution in [0.1, 0.15) is 22.0 Å². The minimum absolute atomic E-state index is 0.799. The summed E-state index contributed by atoms with van der Waals surface area (Å²) in [6.07, 6.45) is 0. The van der Waals surface area contributed by atoms with Crippen molar-refractivity contribution in [2.24, 2.45) is 7.05 Å². The first-order valence-corrected chi connectivity index (χ1v) is 7.51. The van der Waals surface area contributed by atoms with Gasteiger partial charge in [-0.05, 0) is 26.0 Å². The van der Waals surface area contributed by atoms with E-state index in [1.54, 1.807) is 11.3 Å². The van der Waals surface area contributed by atoms with Gasteiger partial charge in [0.05, 0.1) is 15.9 Å². The molecule has 0 unspecified atom stereocenters. The Labute approximate surface area is 122 Å². The molecule has 4 nitrogen and oxygen atoms in total. The molecule has 5 heteroatoms. The number of thiazole rings is 1. The lowest BCUT2D eigenvalue weighted by atomic mass is 10.2. The average Bonchev–Trinajstić information content (AvgIpc) is 2.94. The third-order valence-electron chi connectivity index (χ3n) is 3.58. The molecule has 0 saturated heterocycles. The molecular weight excluding hydrogens is 268 g/mol. The first kappa shape index (κ1) is 13.3. The number of aromatic nitrogens is 3. The molecule has 0 fully saturated rings. The van der Waals surface area contributed by atoms with E-state index in [4.69, 9.17) is 0 Å². The lowest BCUT2D eigenvalue weighted by Gasteiger charge is -2.03. The summed E-state index contributed by atoms with van der Waals surface area (Å²) in [4.78, 5) is 4.63. The van der Waals surface area contributed by atoms with Crippen LogP contribution in [0.4, 0.5) is 0 Å². The van der Waals surface area contributed by atoms with Crippen LogP contribution >= 0.6 is 11.3 Å². The largest absolute Gasteiger partial charge is 0.306 e. The number of nitrogens with zero attached hydrogens (tertiary/aromatic N) is 3. The lowest BCUT2D eigenvalue weighted by Crippen LogP contribution is -2.13. The van der Waals surface area contributed by atoms with E-state index in [-0.39, 0.29) is 0 Å². The van der Waals surface area contributed by atoms with E-state index in [2.05, 4.69) is 47.4 Å². The van der Waals surface area contributed by atoms with Crippen LogP contribution in [0.15, 0.2) is 24.3 Å². The molecule has 1 aromatic carbocycles. The highest BCUT2D eigenvalue weighted by molar-refractivity contribution is 7.18. The molecule has 2 aromatic heterocycles. The van der Waals surface area contributed by atoms with Gasteiger partial charge in [-0.25, -0.2) is 4.98 Å². The van der Waals surface area contributed by atoms with Gasteiger partial charge in [0.2, 0.25) is 0 Å². The normalized spacial score (nSPS) is 11.3. The fraction of sp³-hybridized carbons (Fsp3) is 0.333. The quantitative estimate of drug-likeness (QED) is 0.802.